The van der Waals surface area contributed by atoms with E-state index in [1.807, 2.05) is 37.4 Å². The minimum absolute atomic E-state index is 0.0307. The Bertz CT molecular complexity index is 710. The summed E-state index contributed by atoms with van der Waals surface area (Å²) in [4.78, 5) is 3.22. The van der Waals surface area contributed by atoms with Gasteiger partial charge in [0.15, 0.2) is 0 Å². The molecule has 1 aromatic heterocycles. The van der Waals surface area contributed by atoms with Crippen LogP contribution < -0.4 is 15.8 Å². The van der Waals surface area contributed by atoms with E-state index in [2.05, 4.69) is 4.90 Å². The number of primary sulfonamides is 1. The van der Waals surface area contributed by atoms with Crippen molar-refractivity contribution < 1.29 is 8.42 Å². The fourth-order valence-electron chi connectivity index (χ4n) is 2.15. The number of hydrogen-bond acceptors (Lipinski definition) is 5. The average molecular weight is 325 g/mol. The lowest BCUT2D eigenvalue weighted by Gasteiger charge is -2.30. The SMILES string of the molecule is CC(C)N(Cc1cccs1)c1cccc(S(N)(=O)=O)c1N. The van der Waals surface area contributed by atoms with Crippen molar-refractivity contribution in [2.75, 3.05) is 10.6 Å². The maximum Gasteiger partial charge on any atom is 0.240 e. The Kier molecular flexibility index (Phi) is 4.55. The van der Waals surface area contributed by atoms with Crippen LogP contribution in [0.15, 0.2) is 40.6 Å². The molecule has 0 fully saturated rings. The molecule has 0 radical (unpaired) electrons. The molecule has 0 aliphatic heterocycles. The van der Waals surface area contributed by atoms with E-state index in [-0.39, 0.29) is 16.6 Å². The van der Waals surface area contributed by atoms with Gasteiger partial charge in [-0.1, -0.05) is 12.1 Å². The number of sulfonamides is 1. The molecule has 5 nitrogen and oxygen atoms in total. The average Bonchev–Trinajstić information content (AvgIpc) is 2.88. The minimum atomic E-state index is -3.83. The summed E-state index contributed by atoms with van der Waals surface area (Å²) in [7, 11) is -3.83. The zero-order valence-corrected chi connectivity index (χ0v) is 13.6. The molecule has 21 heavy (non-hydrogen) atoms. The first-order chi connectivity index (χ1) is 9.80. The molecule has 1 aromatic carbocycles. The Morgan fingerprint density at radius 2 is 1.95 bits per heavy atom. The highest BCUT2D eigenvalue weighted by molar-refractivity contribution is 7.89. The second-order valence-corrected chi connectivity index (χ2v) is 7.60. The molecule has 0 unspecified atom stereocenters. The van der Waals surface area contributed by atoms with Gasteiger partial charge in [-0.3, -0.25) is 0 Å². The van der Waals surface area contributed by atoms with E-state index in [0.29, 0.717) is 12.2 Å². The Hall–Kier alpha value is -1.57. The van der Waals surface area contributed by atoms with Gasteiger partial charge in [-0.05, 0) is 37.4 Å². The van der Waals surface area contributed by atoms with Gasteiger partial charge in [-0.15, -0.1) is 11.3 Å². The van der Waals surface area contributed by atoms with Crippen molar-refractivity contribution in [3.8, 4) is 0 Å². The standard InChI is InChI=1S/C14H19N3O2S2/c1-10(2)17(9-11-5-4-8-20-11)12-6-3-7-13(14(12)15)21(16,18)19/h3-8,10H,9,15H2,1-2H3,(H2,16,18,19). The van der Waals surface area contributed by atoms with Crippen molar-refractivity contribution in [1.82, 2.24) is 0 Å². The first kappa shape index (κ1) is 15.8. The lowest BCUT2D eigenvalue weighted by Crippen LogP contribution is -2.31. The van der Waals surface area contributed by atoms with Gasteiger partial charge in [0, 0.05) is 10.9 Å². The Morgan fingerprint density at radius 3 is 2.48 bits per heavy atom. The molecule has 2 aromatic rings. The second kappa shape index (κ2) is 6.05. The molecule has 114 valence electrons. The summed E-state index contributed by atoms with van der Waals surface area (Å²) in [5, 5.41) is 7.23. The minimum Gasteiger partial charge on any atom is -0.396 e. The number of anilines is 2. The number of nitrogens with zero attached hydrogens (tertiary/aromatic N) is 1. The molecule has 1 heterocycles. The van der Waals surface area contributed by atoms with Gasteiger partial charge >= 0.3 is 0 Å². The van der Waals surface area contributed by atoms with Crippen LogP contribution in [0.3, 0.4) is 0 Å². The highest BCUT2D eigenvalue weighted by Gasteiger charge is 2.20. The summed E-state index contributed by atoms with van der Waals surface area (Å²) < 4.78 is 23.2. The third kappa shape index (κ3) is 3.55. The second-order valence-electron chi connectivity index (χ2n) is 5.03. The van der Waals surface area contributed by atoms with Crippen LogP contribution in [-0.4, -0.2) is 14.5 Å². The first-order valence-corrected chi connectivity index (χ1v) is 8.93. The summed E-state index contributed by atoms with van der Waals surface area (Å²) in [5.41, 5.74) is 6.92. The van der Waals surface area contributed by atoms with E-state index in [9.17, 15) is 8.42 Å². The lowest BCUT2D eigenvalue weighted by molar-refractivity contribution is 0.598. The van der Waals surface area contributed by atoms with E-state index < -0.39 is 10.0 Å². The van der Waals surface area contributed by atoms with Gasteiger partial charge in [0.05, 0.1) is 17.9 Å². The van der Waals surface area contributed by atoms with Gasteiger partial charge in [-0.25, -0.2) is 13.6 Å². The van der Waals surface area contributed by atoms with Crippen LogP contribution in [-0.2, 0) is 16.6 Å². The van der Waals surface area contributed by atoms with Crippen molar-refractivity contribution in [3.63, 3.8) is 0 Å². The molecule has 4 N–H and O–H groups in total. The van der Waals surface area contributed by atoms with Crippen LogP contribution in [0.5, 0.6) is 0 Å². The topological polar surface area (TPSA) is 89.4 Å². The van der Waals surface area contributed by atoms with Gasteiger partial charge in [0.2, 0.25) is 10.0 Å². The van der Waals surface area contributed by atoms with E-state index in [0.717, 1.165) is 0 Å². The smallest absolute Gasteiger partial charge is 0.240 e. The third-order valence-electron chi connectivity index (χ3n) is 3.19. The number of nitrogens with two attached hydrogens (primary N) is 2. The first-order valence-electron chi connectivity index (χ1n) is 6.51. The summed E-state index contributed by atoms with van der Waals surface area (Å²) in [5.74, 6) is 0. The number of nitrogen functional groups attached to an aromatic ring is 1. The summed E-state index contributed by atoms with van der Waals surface area (Å²) in [6, 6.07) is 9.11. The largest absolute Gasteiger partial charge is 0.396 e. The summed E-state index contributed by atoms with van der Waals surface area (Å²) in [6.45, 7) is 4.75. The van der Waals surface area contributed by atoms with E-state index in [4.69, 9.17) is 10.9 Å². The fraction of sp³-hybridized carbons (Fsp3) is 0.286. The Morgan fingerprint density at radius 1 is 1.24 bits per heavy atom. The van der Waals surface area contributed by atoms with Crippen LogP contribution >= 0.6 is 11.3 Å². The van der Waals surface area contributed by atoms with Gasteiger partial charge < -0.3 is 10.6 Å². The number of para-hydroxylation sites is 1. The molecule has 0 spiro atoms. The zero-order valence-electron chi connectivity index (χ0n) is 12.0. The quantitative estimate of drug-likeness (QED) is 0.826. The summed E-state index contributed by atoms with van der Waals surface area (Å²) >= 11 is 1.65. The number of thiophene rings is 1. The highest BCUT2D eigenvalue weighted by Crippen LogP contribution is 2.32. The molecular weight excluding hydrogens is 306 g/mol. The van der Waals surface area contributed by atoms with Gasteiger partial charge in [0.1, 0.15) is 4.90 Å². The molecule has 2 rings (SSSR count). The molecule has 0 aliphatic rings. The normalized spacial score (nSPS) is 11.8. The summed E-state index contributed by atoms with van der Waals surface area (Å²) in [6.07, 6.45) is 0. The van der Waals surface area contributed by atoms with Gasteiger partial charge in [-0.2, -0.15) is 0 Å². The third-order valence-corrected chi connectivity index (χ3v) is 5.02. The Labute approximate surface area is 129 Å². The van der Waals surface area contributed by atoms with E-state index in [1.54, 1.807) is 17.4 Å². The molecule has 0 amide bonds. The lowest BCUT2D eigenvalue weighted by atomic mass is 10.2. The molecular formula is C14H19N3O2S2. The van der Waals surface area contributed by atoms with Crippen LogP contribution in [0, 0.1) is 0 Å². The zero-order chi connectivity index (χ0) is 15.6. The van der Waals surface area contributed by atoms with E-state index >= 15 is 0 Å². The molecule has 0 bridgehead atoms. The van der Waals surface area contributed by atoms with Crippen molar-refractivity contribution in [3.05, 3.63) is 40.6 Å². The highest BCUT2D eigenvalue weighted by atomic mass is 32.2. The molecule has 0 atom stereocenters. The predicted molar refractivity (Wildman–Crippen MR) is 87.9 cm³/mol. The van der Waals surface area contributed by atoms with Crippen molar-refractivity contribution in [2.45, 2.75) is 31.3 Å². The fourth-order valence-corrected chi connectivity index (χ4v) is 3.53. The van der Waals surface area contributed by atoms with Crippen molar-refractivity contribution in [1.29, 1.82) is 0 Å². The van der Waals surface area contributed by atoms with Crippen LogP contribution in [0.2, 0.25) is 0 Å². The molecule has 0 saturated carbocycles. The van der Waals surface area contributed by atoms with E-state index in [1.165, 1.54) is 10.9 Å². The van der Waals surface area contributed by atoms with Crippen LogP contribution in [0.25, 0.3) is 0 Å². The number of rotatable bonds is 5. The van der Waals surface area contributed by atoms with Crippen molar-refractivity contribution in [2.24, 2.45) is 5.14 Å². The molecule has 7 heteroatoms. The molecule has 0 aliphatic carbocycles. The molecule has 0 saturated heterocycles. The van der Waals surface area contributed by atoms with Crippen molar-refractivity contribution >= 4 is 32.7 Å². The Balaban J connectivity index is 2.46. The number of hydrogen-bond donors (Lipinski definition) is 2. The number of benzene rings is 1. The van der Waals surface area contributed by atoms with Crippen LogP contribution in [0.4, 0.5) is 11.4 Å². The maximum atomic E-state index is 11.6. The van der Waals surface area contributed by atoms with Gasteiger partial charge in [0.25, 0.3) is 0 Å². The monoisotopic (exact) mass is 325 g/mol. The predicted octanol–water partition coefficient (Wildman–Crippen LogP) is 2.39. The maximum absolute atomic E-state index is 11.6. The van der Waals surface area contributed by atoms with Crippen LogP contribution in [0.1, 0.15) is 18.7 Å².